The van der Waals surface area contributed by atoms with E-state index in [0.29, 0.717) is 5.82 Å². The Morgan fingerprint density at radius 2 is 1.96 bits per heavy atom. The van der Waals surface area contributed by atoms with Crippen LogP contribution in [0.1, 0.15) is 30.1 Å². The zero-order valence-electron chi connectivity index (χ0n) is 13.3. The molecule has 2 N–H and O–H groups in total. The van der Waals surface area contributed by atoms with Gasteiger partial charge in [-0.1, -0.05) is 30.3 Å². The summed E-state index contributed by atoms with van der Waals surface area (Å²) in [6, 6.07) is 6.99. The second-order valence-corrected chi connectivity index (χ2v) is 5.84. The molecule has 2 aromatic rings. The number of rotatable bonds is 4. The van der Waals surface area contributed by atoms with Crippen molar-refractivity contribution in [2.45, 2.75) is 24.7 Å². The SMILES string of the molecule is Cn1nc(C2CCNCC2)nc1NC(=O)C(F)(F)c1ccccc1. The molecule has 1 aromatic carbocycles. The van der Waals surface area contributed by atoms with Gasteiger partial charge in [-0.15, -0.1) is 0 Å². The number of carbonyl (C=O) groups excluding carboxylic acids is 1. The first-order valence-corrected chi connectivity index (χ1v) is 7.85. The van der Waals surface area contributed by atoms with Gasteiger partial charge in [-0.2, -0.15) is 18.9 Å². The molecule has 3 rings (SSSR count). The van der Waals surface area contributed by atoms with Crippen LogP contribution in [0, 0.1) is 0 Å². The summed E-state index contributed by atoms with van der Waals surface area (Å²) in [5.41, 5.74) is -0.358. The predicted molar refractivity (Wildman–Crippen MR) is 84.8 cm³/mol. The highest BCUT2D eigenvalue weighted by Gasteiger charge is 2.41. The van der Waals surface area contributed by atoms with Crippen LogP contribution in [0.3, 0.4) is 0 Å². The lowest BCUT2D eigenvalue weighted by molar-refractivity contribution is -0.141. The number of halogens is 2. The number of benzene rings is 1. The van der Waals surface area contributed by atoms with Crippen molar-refractivity contribution >= 4 is 11.9 Å². The minimum Gasteiger partial charge on any atom is -0.317 e. The fraction of sp³-hybridized carbons (Fsp3) is 0.438. The molecule has 0 aliphatic carbocycles. The molecule has 128 valence electrons. The van der Waals surface area contributed by atoms with E-state index in [1.54, 1.807) is 13.1 Å². The van der Waals surface area contributed by atoms with Gasteiger partial charge >= 0.3 is 11.8 Å². The van der Waals surface area contributed by atoms with Gasteiger partial charge in [0.2, 0.25) is 5.95 Å². The van der Waals surface area contributed by atoms with Crippen molar-refractivity contribution < 1.29 is 13.6 Å². The average Bonchev–Trinajstić information content (AvgIpc) is 2.97. The Kier molecular flexibility index (Phi) is 4.57. The van der Waals surface area contributed by atoms with Gasteiger partial charge in [0.25, 0.3) is 0 Å². The maximum absolute atomic E-state index is 14.3. The van der Waals surface area contributed by atoms with Gasteiger partial charge in [-0.3, -0.25) is 10.1 Å². The maximum Gasteiger partial charge on any atom is 0.350 e. The predicted octanol–water partition coefficient (Wildman–Crippen LogP) is 2.01. The van der Waals surface area contributed by atoms with E-state index < -0.39 is 11.8 Å². The van der Waals surface area contributed by atoms with Gasteiger partial charge in [0, 0.05) is 18.5 Å². The van der Waals surface area contributed by atoms with E-state index in [1.165, 1.54) is 28.9 Å². The highest BCUT2D eigenvalue weighted by molar-refractivity contribution is 5.95. The van der Waals surface area contributed by atoms with E-state index in [9.17, 15) is 13.6 Å². The number of nitrogens with one attached hydrogen (secondary N) is 2. The Morgan fingerprint density at radius 3 is 2.62 bits per heavy atom. The van der Waals surface area contributed by atoms with E-state index in [2.05, 4.69) is 20.7 Å². The molecule has 1 saturated heterocycles. The molecule has 24 heavy (non-hydrogen) atoms. The quantitative estimate of drug-likeness (QED) is 0.897. The number of amides is 1. The number of alkyl halides is 2. The Hall–Kier alpha value is -2.35. The van der Waals surface area contributed by atoms with Crippen LogP contribution >= 0.6 is 0 Å². The molecule has 0 unspecified atom stereocenters. The van der Waals surface area contributed by atoms with Crippen molar-refractivity contribution in [3.63, 3.8) is 0 Å². The molecule has 6 nitrogen and oxygen atoms in total. The van der Waals surface area contributed by atoms with Crippen LogP contribution in [-0.4, -0.2) is 33.8 Å². The van der Waals surface area contributed by atoms with Crippen molar-refractivity contribution in [3.05, 3.63) is 41.7 Å². The van der Waals surface area contributed by atoms with Crippen LogP contribution in [0.5, 0.6) is 0 Å². The lowest BCUT2D eigenvalue weighted by Gasteiger charge is -2.19. The van der Waals surface area contributed by atoms with Gasteiger partial charge in [0.15, 0.2) is 5.82 Å². The molecule has 1 aromatic heterocycles. The standard InChI is InChI=1S/C16H19F2N5O/c1-23-15(20-13(22-23)11-7-9-19-10-8-11)21-14(24)16(17,18)12-5-3-2-4-6-12/h2-6,11,19H,7-10H2,1H3,(H,20,21,22,24). The first-order chi connectivity index (χ1) is 11.5. The molecule has 1 amide bonds. The number of carbonyl (C=O) groups is 1. The highest BCUT2D eigenvalue weighted by Crippen LogP contribution is 2.29. The van der Waals surface area contributed by atoms with Gasteiger partial charge in [-0.05, 0) is 25.9 Å². The molecule has 0 bridgehead atoms. The molecule has 0 radical (unpaired) electrons. The fourth-order valence-corrected chi connectivity index (χ4v) is 2.72. The number of piperidine rings is 1. The molecule has 8 heteroatoms. The van der Waals surface area contributed by atoms with Gasteiger partial charge in [0.1, 0.15) is 0 Å². The number of nitrogens with zero attached hydrogens (tertiary/aromatic N) is 3. The normalized spacial score (nSPS) is 16.1. The van der Waals surface area contributed by atoms with E-state index in [-0.39, 0.29) is 17.4 Å². The second-order valence-electron chi connectivity index (χ2n) is 5.84. The molecule has 0 saturated carbocycles. The maximum atomic E-state index is 14.3. The smallest absolute Gasteiger partial charge is 0.317 e. The lowest BCUT2D eigenvalue weighted by Crippen LogP contribution is -2.33. The molecule has 1 aliphatic rings. The first kappa shape index (κ1) is 16.5. The number of hydrogen-bond acceptors (Lipinski definition) is 4. The molecule has 1 aliphatic heterocycles. The first-order valence-electron chi connectivity index (χ1n) is 7.85. The Morgan fingerprint density at radius 1 is 1.29 bits per heavy atom. The third-order valence-electron chi connectivity index (χ3n) is 4.13. The molecular formula is C16H19F2N5O. The summed E-state index contributed by atoms with van der Waals surface area (Å²) < 4.78 is 29.8. The van der Waals surface area contributed by atoms with Crippen LogP contribution in [-0.2, 0) is 17.8 Å². The largest absolute Gasteiger partial charge is 0.350 e. The molecular weight excluding hydrogens is 316 g/mol. The van der Waals surface area contributed by atoms with Crippen LogP contribution in [0.25, 0.3) is 0 Å². The van der Waals surface area contributed by atoms with Gasteiger partial charge in [-0.25, -0.2) is 4.68 Å². The zero-order valence-corrected chi connectivity index (χ0v) is 13.3. The second kappa shape index (κ2) is 6.64. The summed E-state index contributed by atoms with van der Waals surface area (Å²) in [6.45, 7) is 1.74. The molecule has 0 spiro atoms. The third-order valence-corrected chi connectivity index (χ3v) is 4.13. The zero-order chi connectivity index (χ0) is 17.2. The van der Waals surface area contributed by atoms with Crippen LogP contribution in [0.15, 0.2) is 30.3 Å². The van der Waals surface area contributed by atoms with E-state index >= 15 is 0 Å². The number of aromatic nitrogens is 3. The number of hydrogen-bond donors (Lipinski definition) is 2. The average molecular weight is 335 g/mol. The van der Waals surface area contributed by atoms with Crippen LogP contribution in [0.2, 0.25) is 0 Å². The molecule has 1 fully saturated rings. The Balaban J connectivity index is 1.76. The van der Waals surface area contributed by atoms with Crippen molar-refractivity contribution in [1.82, 2.24) is 20.1 Å². The Labute approximate surface area is 138 Å². The summed E-state index contributed by atoms with van der Waals surface area (Å²) in [5.74, 6) is -4.26. The fourth-order valence-electron chi connectivity index (χ4n) is 2.72. The van der Waals surface area contributed by atoms with Gasteiger partial charge < -0.3 is 5.32 Å². The summed E-state index contributed by atoms with van der Waals surface area (Å²) >= 11 is 0. The summed E-state index contributed by atoms with van der Waals surface area (Å²) in [5, 5.41) is 9.70. The lowest BCUT2D eigenvalue weighted by atomic mass is 9.98. The van der Waals surface area contributed by atoms with Crippen LogP contribution in [0.4, 0.5) is 14.7 Å². The topological polar surface area (TPSA) is 71.8 Å². The van der Waals surface area contributed by atoms with E-state index in [0.717, 1.165) is 25.9 Å². The monoisotopic (exact) mass is 335 g/mol. The van der Waals surface area contributed by atoms with Crippen molar-refractivity contribution in [3.8, 4) is 0 Å². The highest BCUT2D eigenvalue weighted by atomic mass is 19.3. The van der Waals surface area contributed by atoms with Crippen molar-refractivity contribution in [1.29, 1.82) is 0 Å². The third kappa shape index (κ3) is 3.28. The number of aryl methyl sites for hydroxylation is 1. The molecule has 0 atom stereocenters. The minimum absolute atomic E-state index is 0.0316. The summed E-state index contributed by atoms with van der Waals surface area (Å²) in [7, 11) is 1.58. The van der Waals surface area contributed by atoms with Crippen molar-refractivity contribution in [2.24, 2.45) is 7.05 Å². The number of anilines is 1. The summed E-state index contributed by atoms with van der Waals surface area (Å²) in [6.07, 6.45) is 1.77. The summed E-state index contributed by atoms with van der Waals surface area (Å²) in [4.78, 5) is 16.3. The van der Waals surface area contributed by atoms with Crippen LogP contribution < -0.4 is 10.6 Å². The van der Waals surface area contributed by atoms with E-state index in [4.69, 9.17) is 0 Å². The van der Waals surface area contributed by atoms with Crippen molar-refractivity contribution in [2.75, 3.05) is 18.4 Å². The van der Waals surface area contributed by atoms with Gasteiger partial charge in [0.05, 0.1) is 0 Å². The van der Waals surface area contributed by atoms with E-state index in [1.807, 2.05) is 0 Å². The minimum atomic E-state index is -3.64. The molecule has 2 heterocycles. The Bertz CT molecular complexity index is 711.